The highest BCUT2D eigenvalue weighted by Gasteiger charge is 2.15. The molecule has 0 saturated carbocycles. The van der Waals surface area contributed by atoms with Crippen molar-refractivity contribution in [2.45, 2.75) is 12.5 Å². The first-order valence-corrected chi connectivity index (χ1v) is 4.52. The van der Waals surface area contributed by atoms with Crippen molar-refractivity contribution < 1.29 is 9.84 Å². The molecule has 0 radical (unpaired) electrons. The second-order valence-electron chi connectivity index (χ2n) is 3.08. The predicted molar refractivity (Wildman–Crippen MR) is 55.3 cm³/mol. The van der Waals surface area contributed by atoms with Crippen LogP contribution in [-0.4, -0.2) is 18.8 Å². The van der Waals surface area contributed by atoms with Crippen LogP contribution in [0.1, 0.15) is 18.0 Å². The molecule has 0 heterocycles. The zero-order valence-corrected chi connectivity index (χ0v) is 8.23. The van der Waals surface area contributed by atoms with Crippen molar-refractivity contribution in [1.29, 1.82) is 0 Å². The van der Waals surface area contributed by atoms with E-state index in [2.05, 4.69) is 0 Å². The molecule has 0 amide bonds. The Balaban J connectivity index is 3.03. The first-order valence-electron chi connectivity index (χ1n) is 4.52. The highest BCUT2D eigenvalue weighted by molar-refractivity contribution is 5.45. The summed E-state index contributed by atoms with van der Waals surface area (Å²) in [5, 5.41) is 9.62. The van der Waals surface area contributed by atoms with Crippen LogP contribution >= 0.6 is 0 Å². The normalized spacial score (nSPS) is 12.5. The lowest BCUT2D eigenvalue weighted by Crippen LogP contribution is -2.16. The molecule has 78 valence electrons. The smallest absolute Gasteiger partial charge is 0.127 e. The minimum atomic E-state index is -0.281. The standard InChI is InChI=1S/C10H16N2O2/c1-14-9-4-2-3-8(13)10(9)7(12)5-6-11/h2-4,7,13H,5-6,11-12H2,1H3/t7-/m0/s1. The zero-order chi connectivity index (χ0) is 10.6. The van der Waals surface area contributed by atoms with Gasteiger partial charge in [0.15, 0.2) is 0 Å². The van der Waals surface area contributed by atoms with E-state index in [1.165, 1.54) is 0 Å². The van der Waals surface area contributed by atoms with Crippen LogP contribution in [0.2, 0.25) is 0 Å². The highest BCUT2D eigenvalue weighted by atomic mass is 16.5. The number of phenols is 1. The molecule has 1 atom stereocenters. The lowest BCUT2D eigenvalue weighted by Gasteiger charge is -2.16. The van der Waals surface area contributed by atoms with Gasteiger partial charge in [0, 0.05) is 6.04 Å². The molecule has 0 unspecified atom stereocenters. The predicted octanol–water partition coefficient (Wildman–Crippen LogP) is 0.749. The van der Waals surface area contributed by atoms with E-state index in [0.29, 0.717) is 24.3 Å². The van der Waals surface area contributed by atoms with E-state index in [0.717, 1.165) is 0 Å². The first kappa shape index (κ1) is 10.8. The molecule has 0 aliphatic rings. The summed E-state index contributed by atoms with van der Waals surface area (Å²) in [6.45, 7) is 0.485. The molecule has 4 nitrogen and oxygen atoms in total. The molecule has 1 aromatic rings. The fraction of sp³-hybridized carbons (Fsp3) is 0.400. The second-order valence-corrected chi connectivity index (χ2v) is 3.08. The molecular weight excluding hydrogens is 180 g/mol. The van der Waals surface area contributed by atoms with Gasteiger partial charge < -0.3 is 21.3 Å². The number of hydrogen-bond donors (Lipinski definition) is 3. The van der Waals surface area contributed by atoms with Crippen LogP contribution in [0.3, 0.4) is 0 Å². The highest BCUT2D eigenvalue weighted by Crippen LogP contribution is 2.32. The monoisotopic (exact) mass is 196 g/mol. The van der Waals surface area contributed by atoms with Gasteiger partial charge >= 0.3 is 0 Å². The van der Waals surface area contributed by atoms with Gasteiger partial charge in [-0.05, 0) is 25.1 Å². The topological polar surface area (TPSA) is 81.5 Å². The molecule has 1 aromatic carbocycles. The van der Waals surface area contributed by atoms with Crippen LogP contribution in [0.25, 0.3) is 0 Å². The minimum absolute atomic E-state index is 0.158. The Morgan fingerprint density at radius 2 is 2.21 bits per heavy atom. The molecule has 1 rings (SSSR count). The van der Waals surface area contributed by atoms with Crippen LogP contribution in [0.15, 0.2) is 18.2 Å². The lowest BCUT2D eigenvalue weighted by atomic mass is 10.0. The molecule has 0 bridgehead atoms. The van der Waals surface area contributed by atoms with Crippen LogP contribution in [0.4, 0.5) is 0 Å². The van der Waals surface area contributed by atoms with Crippen molar-refractivity contribution in [2.24, 2.45) is 11.5 Å². The largest absolute Gasteiger partial charge is 0.507 e. The van der Waals surface area contributed by atoms with Crippen molar-refractivity contribution in [3.05, 3.63) is 23.8 Å². The van der Waals surface area contributed by atoms with Gasteiger partial charge in [-0.25, -0.2) is 0 Å². The first-order chi connectivity index (χ1) is 6.70. The number of phenolic OH excluding ortho intramolecular Hbond substituents is 1. The molecule has 0 saturated heterocycles. The summed E-state index contributed by atoms with van der Waals surface area (Å²) in [7, 11) is 1.55. The Morgan fingerprint density at radius 1 is 1.50 bits per heavy atom. The van der Waals surface area contributed by atoms with Gasteiger partial charge in [0.05, 0.1) is 12.7 Å². The maximum absolute atomic E-state index is 9.62. The number of rotatable bonds is 4. The quantitative estimate of drug-likeness (QED) is 0.663. The number of nitrogens with two attached hydrogens (primary N) is 2. The molecule has 0 aliphatic heterocycles. The van der Waals surface area contributed by atoms with Crippen molar-refractivity contribution in [1.82, 2.24) is 0 Å². The molecule has 0 spiro atoms. The van der Waals surface area contributed by atoms with E-state index in [1.54, 1.807) is 25.3 Å². The SMILES string of the molecule is COc1cccc(O)c1[C@@H](N)CCN. The third kappa shape index (κ3) is 2.16. The zero-order valence-electron chi connectivity index (χ0n) is 8.23. The van der Waals surface area contributed by atoms with Crippen LogP contribution in [0, 0.1) is 0 Å². The molecule has 0 aliphatic carbocycles. The molecule has 14 heavy (non-hydrogen) atoms. The molecular formula is C10H16N2O2. The van der Waals surface area contributed by atoms with Gasteiger partial charge in [-0.15, -0.1) is 0 Å². The van der Waals surface area contributed by atoms with Gasteiger partial charge in [-0.1, -0.05) is 6.07 Å². The Bertz CT molecular complexity index is 302. The number of benzene rings is 1. The van der Waals surface area contributed by atoms with E-state index in [-0.39, 0.29) is 11.8 Å². The summed E-state index contributed by atoms with van der Waals surface area (Å²) < 4.78 is 5.11. The van der Waals surface area contributed by atoms with Crippen molar-refractivity contribution in [3.63, 3.8) is 0 Å². The van der Waals surface area contributed by atoms with E-state index < -0.39 is 0 Å². The van der Waals surface area contributed by atoms with E-state index in [9.17, 15) is 5.11 Å². The summed E-state index contributed by atoms with van der Waals surface area (Å²) in [6, 6.07) is 4.79. The molecule has 0 fully saturated rings. The molecule has 4 heteroatoms. The van der Waals surface area contributed by atoms with E-state index in [1.807, 2.05) is 0 Å². The van der Waals surface area contributed by atoms with E-state index in [4.69, 9.17) is 16.2 Å². The van der Waals surface area contributed by atoms with Gasteiger partial charge in [-0.3, -0.25) is 0 Å². The average molecular weight is 196 g/mol. The maximum Gasteiger partial charge on any atom is 0.127 e. The summed E-state index contributed by atoms with van der Waals surface area (Å²) in [5.74, 6) is 0.760. The van der Waals surface area contributed by atoms with Crippen LogP contribution in [0.5, 0.6) is 11.5 Å². The molecule has 5 N–H and O–H groups in total. The van der Waals surface area contributed by atoms with E-state index >= 15 is 0 Å². The van der Waals surface area contributed by atoms with Crippen molar-refractivity contribution in [2.75, 3.05) is 13.7 Å². The Morgan fingerprint density at radius 3 is 2.79 bits per heavy atom. The van der Waals surface area contributed by atoms with Gasteiger partial charge in [-0.2, -0.15) is 0 Å². The summed E-state index contributed by atoms with van der Waals surface area (Å²) in [4.78, 5) is 0. The minimum Gasteiger partial charge on any atom is -0.507 e. The van der Waals surface area contributed by atoms with Crippen LogP contribution < -0.4 is 16.2 Å². The average Bonchev–Trinajstić information content (AvgIpc) is 2.17. The number of aromatic hydroxyl groups is 1. The summed E-state index contributed by atoms with van der Waals surface area (Å²) >= 11 is 0. The second kappa shape index (κ2) is 4.83. The van der Waals surface area contributed by atoms with Gasteiger partial charge in [0.2, 0.25) is 0 Å². The third-order valence-electron chi connectivity index (χ3n) is 2.11. The number of hydrogen-bond acceptors (Lipinski definition) is 4. The Labute approximate surface area is 83.5 Å². The fourth-order valence-electron chi connectivity index (χ4n) is 1.41. The summed E-state index contributed by atoms with van der Waals surface area (Å²) in [5.41, 5.74) is 11.9. The van der Waals surface area contributed by atoms with Crippen LogP contribution in [-0.2, 0) is 0 Å². The van der Waals surface area contributed by atoms with Gasteiger partial charge in [0.25, 0.3) is 0 Å². The number of methoxy groups -OCH3 is 1. The maximum atomic E-state index is 9.62. The van der Waals surface area contributed by atoms with Crippen molar-refractivity contribution >= 4 is 0 Å². The third-order valence-corrected chi connectivity index (χ3v) is 2.11. The molecule has 0 aromatic heterocycles. The van der Waals surface area contributed by atoms with Gasteiger partial charge in [0.1, 0.15) is 11.5 Å². The van der Waals surface area contributed by atoms with Crippen molar-refractivity contribution in [3.8, 4) is 11.5 Å². The number of ether oxygens (including phenoxy) is 1. The lowest BCUT2D eigenvalue weighted by molar-refractivity contribution is 0.392. The summed E-state index contributed by atoms with van der Waals surface area (Å²) in [6.07, 6.45) is 0.619. The fourth-order valence-corrected chi connectivity index (χ4v) is 1.41. The Kier molecular flexibility index (Phi) is 3.73. The Hall–Kier alpha value is -1.26.